The molecule has 0 aromatic carbocycles. The van der Waals surface area contributed by atoms with E-state index in [1.165, 1.54) is 19.3 Å². The molecule has 0 aliphatic carbocycles. The van der Waals surface area contributed by atoms with Crippen LogP contribution in [0.1, 0.15) is 44.3 Å². The number of nitrogens with one attached hydrogen (secondary N) is 1. The van der Waals surface area contributed by atoms with Crippen LogP contribution in [0.15, 0.2) is 0 Å². The zero-order valence-corrected chi connectivity index (χ0v) is 10.4. The molecule has 2 rings (SSSR count). The van der Waals surface area contributed by atoms with Crippen molar-refractivity contribution in [2.45, 2.75) is 52.0 Å². The molecule has 5 heteroatoms. The van der Waals surface area contributed by atoms with Crippen molar-refractivity contribution in [1.29, 1.82) is 0 Å². The molecule has 1 aromatic rings. The summed E-state index contributed by atoms with van der Waals surface area (Å²) in [4.78, 5) is 11.1. The minimum Gasteiger partial charge on any atom is -0.356 e. The molecule has 1 aliphatic heterocycles. The zero-order chi connectivity index (χ0) is 12.1. The van der Waals surface area contributed by atoms with Crippen molar-refractivity contribution in [2.24, 2.45) is 0 Å². The highest BCUT2D eigenvalue weighted by molar-refractivity contribution is 5.75. The molecule has 0 spiro atoms. The van der Waals surface area contributed by atoms with E-state index in [9.17, 15) is 4.79 Å². The van der Waals surface area contributed by atoms with Gasteiger partial charge in [0.15, 0.2) is 0 Å². The normalized spacial score (nSPS) is 15.1. The van der Waals surface area contributed by atoms with Gasteiger partial charge in [0.25, 0.3) is 0 Å². The molecule has 0 saturated heterocycles. The van der Waals surface area contributed by atoms with Gasteiger partial charge in [-0.05, 0) is 12.8 Å². The standard InChI is InChI=1S/C12H20N4O/c1-2-12(17)13-8-7-11-15-14-10-6-4-3-5-9-16(10)11/h2-9H2,1H3,(H,13,17). The van der Waals surface area contributed by atoms with Crippen molar-refractivity contribution < 1.29 is 4.79 Å². The first-order valence-electron chi connectivity index (χ1n) is 6.49. The van der Waals surface area contributed by atoms with Crippen LogP contribution >= 0.6 is 0 Å². The lowest BCUT2D eigenvalue weighted by molar-refractivity contribution is -0.120. The second-order valence-electron chi connectivity index (χ2n) is 4.45. The largest absolute Gasteiger partial charge is 0.356 e. The highest BCUT2D eigenvalue weighted by atomic mass is 16.1. The van der Waals surface area contributed by atoms with Crippen molar-refractivity contribution in [3.05, 3.63) is 11.6 Å². The first-order chi connectivity index (χ1) is 8.31. The molecule has 0 saturated carbocycles. The van der Waals surface area contributed by atoms with E-state index < -0.39 is 0 Å². The monoisotopic (exact) mass is 236 g/mol. The van der Waals surface area contributed by atoms with Crippen LogP contribution in [0.5, 0.6) is 0 Å². The first-order valence-corrected chi connectivity index (χ1v) is 6.49. The van der Waals surface area contributed by atoms with Gasteiger partial charge in [0.05, 0.1) is 0 Å². The van der Waals surface area contributed by atoms with E-state index in [1.807, 2.05) is 6.92 Å². The third kappa shape index (κ3) is 3.05. The molecule has 5 nitrogen and oxygen atoms in total. The summed E-state index contributed by atoms with van der Waals surface area (Å²) in [5.74, 6) is 2.22. The minimum absolute atomic E-state index is 0.0978. The molecular weight excluding hydrogens is 216 g/mol. The number of fused-ring (bicyclic) bond motifs is 1. The van der Waals surface area contributed by atoms with Crippen LogP contribution in [-0.2, 0) is 24.2 Å². The smallest absolute Gasteiger partial charge is 0.219 e. The van der Waals surface area contributed by atoms with E-state index in [1.54, 1.807) is 0 Å². The molecule has 0 radical (unpaired) electrons. The molecule has 94 valence electrons. The van der Waals surface area contributed by atoms with Crippen LogP contribution in [-0.4, -0.2) is 27.2 Å². The SMILES string of the molecule is CCC(=O)NCCc1nnc2n1CCCCC2. The number of hydrogen-bond donors (Lipinski definition) is 1. The van der Waals surface area contributed by atoms with Crippen molar-refractivity contribution in [3.63, 3.8) is 0 Å². The second kappa shape index (κ2) is 5.80. The topological polar surface area (TPSA) is 59.8 Å². The molecular formula is C12H20N4O. The van der Waals surface area contributed by atoms with E-state index in [0.717, 1.165) is 31.0 Å². The van der Waals surface area contributed by atoms with Gasteiger partial charge in [0.2, 0.25) is 5.91 Å². The van der Waals surface area contributed by atoms with Crippen LogP contribution in [0.4, 0.5) is 0 Å². The Labute approximate surface area is 102 Å². The Hall–Kier alpha value is -1.39. The lowest BCUT2D eigenvalue weighted by Gasteiger charge is -2.07. The van der Waals surface area contributed by atoms with Gasteiger partial charge in [0, 0.05) is 32.4 Å². The Balaban J connectivity index is 1.92. The number of carbonyl (C=O) groups is 1. The Morgan fingerprint density at radius 2 is 2.24 bits per heavy atom. The molecule has 2 heterocycles. The number of aryl methyl sites for hydroxylation is 1. The van der Waals surface area contributed by atoms with E-state index >= 15 is 0 Å². The van der Waals surface area contributed by atoms with E-state index in [0.29, 0.717) is 13.0 Å². The van der Waals surface area contributed by atoms with Crippen LogP contribution in [0, 0.1) is 0 Å². The zero-order valence-electron chi connectivity index (χ0n) is 10.4. The molecule has 1 aromatic heterocycles. The Bertz CT molecular complexity index is 386. The summed E-state index contributed by atoms with van der Waals surface area (Å²) in [6.07, 6.45) is 6.05. The molecule has 1 N–H and O–H groups in total. The lowest BCUT2D eigenvalue weighted by atomic mass is 10.2. The fourth-order valence-electron chi connectivity index (χ4n) is 2.17. The molecule has 1 aliphatic rings. The van der Waals surface area contributed by atoms with Gasteiger partial charge in [-0.2, -0.15) is 0 Å². The van der Waals surface area contributed by atoms with Crippen LogP contribution < -0.4 is 5.32 Å². The highest BCUT2D eigenvalue weighted by Crippen LogP contribution is 2.14. The molecule has 0 fully saturated rings. The average molecular weight is 236 g/mol. The van der Waals surface area contributed by atoms with Crippen molar-refractivity contribution in [3.8, 4) is 0 Å². The predicted octanol–water partition coefficient (Wildman–Crippen LogP) is 1.07. The van der Waals surface area contributed by atoms with Crippen molar-refractivity contribution in [2.75, 3.05) is 6.54 Å². The van der Waals surface area contributed by atoms with E-state index in [-0.39, 0.29) is 5.91 Å². The van der Waals surface area contributed by atoms with E-state index in [2.05, 4.69) is 20.1 Å². The summed E-state index contributed by atoms with van der Waals surface area (Å²) in [6.45, 7) is 3.54. The fraction of sp³-hybridized carbons (Fsp3) is 0.750. The van der Waals surface area contributed by atoms with Gasteiger partial charge < -0.3 is 9.88 Å². The number of amides is 1. The third-order valence-electron chi connectivity index (χ3n) is 3.18. The summed E-state index contributed by atoms with van der Waals surface area (Å²) in [5.41, 5.74) is 0. The number of nitrogens with zero attached hydrogens (tertiary/aromatic N) is 3. The summed E-state index contributed by atoms with van der Waals surface area (Å²) in [5, 5.41) is 11.3. The summed E-state index contributed by atoms with van der Waals surface area (Å²) in [7, 11) is 0. The van der Waals surface area contributed by atoms with Crippen LogP contribution in [0.3, 0.4) is 0 Å². The maximum absolute atomic E-state index is 11.1. The summed E-state index contributed by atoms with van der Waals surface area (Å²) < 4.78 is 2.23. The predicted molar refractivity (Wildman–Crippen MR) is 64.6 cm³/mol. The number of hydrogen-bond acceptors (Lipinski definition) is 3. The maximum Gasteiger partial charge on any atom is 0.219 e. The van der Waals surface area contributed by atoms with Gasteiger partial charge in [-0.1, -0.05) is 13.3 Å². The average Bonchev–Trinajstić information content (AvgIpc) is 2.59. The fourth-order valence-corrected chi connectivity index (χ4v) is 2.17. The Kier molecular flexibility index (Phi) is 4.12. The summed E-state index contributed by atoms with van der Waals surface area (Å²) >= 11 is 0. The van der Waals surface area contributed by atoms with Crippen LogP contribution in [0.2, 0.25) is 0 Å². The summed E-state index contributed by atoms with van der Waals surface area (Å²) in [6, 6.07) is 0. The van der Waals surface area contributed by atoms with Gasteiger partial charge in [-0.15, -0.1) is 10.2 Å². The van der Waals surface area contributed by atoms with Gasteiger partial charge in [0.1, 0.15) is 11.6 Å². The van der Waals surface area contributed by atoms with Crippen molar-refractivity contribution >= 4 is 5.91 Å². The number of aromatic nitrogens is 3. The quantitative estimate of drug-likeness (QED) is 0.850. The Morgan fingerprint density at radius 3 is 3.06 bits per heavy atom. The number of rotatable bonds is 4. The van der Waals surface area contributed by atoms with Crippen LogP contribution in [0.25, 0.3) is 0 Å². The van der Waals surface area contributed by atoms with Gasteiger partial charge in [-0.25, -0.2) is 0 Å². The molecule has 0 atom stereocenters. The highest BCUT2D eigenvalue weighted by Gasteiger charge is 2.14. The maximum atomic E-state index is 11.1. The van der Waals surface area contributed by atoms with Crippen molar-refractivity contribution in [1.82, 2.24) is 20.1 Å². The third-order valence-corrected chi connectivity index (χ3v) is 3.18. The van der Waals surface area contributed by atoms with E-state index in [4.69, 9.17) is 0 Å². The number of carbonyl (C=O) groups excluding carboxylic acids is 1. The van der Waals surface area contributed by atoms with Gasteiger partial charge in [-0.3, -0.25) is 4.79 Å². The molecule has 0 unspecified atom stereocenters. The van der Waals surface area contributed by atoms with Gasteiger partial charge >= 0.3 is 0 Å². The molecule has 17 heavy (non-hydrogen) atoms. The molecule has 0 bridgehead atoms. The molecule has 1 amide bonds. The minimum atomic E-state index is 0.0978. The first kappa shape index (κ1) is 12.1. The second-order valence-corrected chi connectivity index (χ2v) is 4.45. The lowest BCUT2D eigenvalue weighted by Crippen LogP contribution is -2.25. The Morgan fingerprint density at radius 1 is 1.35 bits per heavy atom.